The molecule has 0 saturated carbocycles. The number of fused-ring (bicyclic) bond motifs is 1. The molecule has 9 heteroatoms. The third kappa shape index (κ3) is 4.21. The predicted octanol–water partition coefficient (Wildman–Crippen LogP) is 4.01. The highest BCUT2D eigenvalue weighted by atomic mass is 35.5. The summed E-state index contributed by atoms with van der Waals surface area (Å²) in [6.07, 6.45) is 0. The first-order valence-corrected chi connectivity index (χ1v) is 11.0. The molecule has 0 unspecified atom stereocenters. The van der Waals surface area contributed by atoms with Crippen molar-refractivity contribution in [2.45, 2.75) is 44.8 Å². The van der Waals surface area contributed by atoms with Crippen molar-refractivity contribution in [1.29, 1.82) is 0 Å². The number of rotatable bonds is 6. The minimum absolute atomic E-state index is 0.153. The molecule has 0 spiro atoms. The summed E-state index contributed by atoms with van der Waals surface area (Å²) in [7, 11) is -2.70. The van der Waals surface area contributed by atoms with Crippen molar-refractivity contribution in [3.63, 3.8) is 0 Å². The quantitative estimate of drug-likeness (QED) is 0.416. The van der Waals surface area contributed by atoms with E-state index in [0.29, 0.717) is 16.7 Å². The van der Waals surface area contributed by atoms with E-state index in [4.69, 9.17) is 21.1 Å². The zero-order valence-corrected chi connectivity index (χ0v) is 19.0. The number of carbonyl (C=O) groups is 1. The minimum atomic E-state index is -3.97. The van der Waals surface area contributed by atoms with E-state index < -0.39 is 21.6 Å². The lowest BCUT2D eigenvalue weighted by Gasteiger charge is -2.22. The highest BCUT2D eigenvalue weighted by molar-refractivity contribution is 7.90. The first kappa shape index (κ1) is 22.3. The molecule has 0 fully saturated rings. The van der Waals surface area contributed by atoms with Crippen LogP contribution >= 0.6 is 11.6 Å². The van der Waals surface area contributed by atoms with Gasteiger partial charge in [-0.3, -0.25) is 0 Å². The Morgan fingerprint density at radius 3 is 2.37 bits per heavy atom. The van der Waals surface area contributed by atoms with Crippen LogP contribution in [0.4, 0.5) is 0 Å². The molecule has 0 saturated heterocycles. The molecular weight excluding hydrogens is 428 g/mol. The number of aromatic nitrogens is 2. The van der Waals surface area contributed by atoms with E-state index >= 15 is 0 Å². The second-order valence-corrected chi connectivity index (χ2v) is 9.73. The lowest BCUT2D eigenvalue weighted by Crippen LogP contribution is -2.36. The molecular formula is C21H23ClN2O5S. The van der Waals surface area contributed by atoms with Gasteiger partial charge in [-0.05, 0) is 69.2 Å². The fourth-order valence-electron chi connectivity index (χ4n) is 3.22. The van der Waals surface area contributed by atoms with Gasteiger partial charge in [0, 0.05) is 0 Å². The number of nitrogens with zero attached hydrogens (tertiary/aromatic N) is 2. The number of hydrogen-bond donors (Lipinski definition) is 0. The van der Waals surface area contributed by atoms with Crippen LogP contribution in [-0.4, -0.2) is 36.1 Å². The molecule has 7 nitrogen and oxygen atoms in total. The van der Waals surface area contributed by atoms with E-state index in [0.717, 1.165) is 11.1 Å². The molecule has 0 amide bonds. The highest BCUT2D eigenvalue weighted by Gasteiger charge is 2.31. The zero-order valence-electron chi connectivity index (χ0n) is 17.4. The van der Waals surface area contributed by atoms with Crippen molar-refractivity contribution in [3.05, 3.63) is 58.4 Å². The SMILES string of the molecule is COC(=O)C(C)(C)OCc1cc2nc(Cl)ccc2n1S(=O)(=O)c1cc(C)cc(C)c1. The van der Waals surface area contributed by atoms with Gasteiger partial charge in [-0.1, -0.05) is 17.7 Å². The third-order valence-electron chi connectivity index (χ3n) is 4.64. The molecule has 0 N–H and O–H groups in total. The number of carbonyl (C=O) groups excluding carboxylic acids is 1. The maximum atomic E-state index is 13.6. The van der Waals surface area contributed by atoms with E-state index in [1.54, 1.807) is 38.1 Å². The average Bonchev–Trinajstić information content (AvgIpc) is 3.03. The molecule has 30 heavy (non-hydrogen) atoms. The summed E-state index contributed by atoms with van der Waals surface area (Å²) in [4.78, 5) is 16.3. The van der Waals surface area contributed by atoms with Gasteiger partial charge in [-0.2, -0.15) is 0 Å². The first-order valence-electron chi connectivity index (χ1n) is 9.19. The maximum Gasteiger partial charge on any atom is 0.337 e. The standard InChI is InChI=1S/C21H23ClN2O5S/c1-13-8-14(2)10-16(9-13)30(26,27)24-15(12-29-21(3,4)20(25)28-5)11-17-18(24)6-7-19(22)23-17/h6-11H,12H2,1-5H3. The number of halogens is 1. The molecule has 0 aliphatic rings. The second-order valence-electron chi connectivity index (χ2n) is 7.56. The Bertz CT molecular complexity index is 1210. The van der Waals surface area contributed by atoms with Crippen LogP contribution in [0.3, 0.4) is 0 Å². The number of pyridine rings is 1. The smallest absolute Gasteiger partial charge is 0.337 e. The molecule has 3 rings (SSSR count). The topological polar surface area (TPSA) is 87.5 Å². The molecule has 2 aromatic heterocycles. The molecule has 0 bridgehead atoms. The molecule has 160 valence electrons. The number of hydrogen-bond acceptors (Lipinski definition) is 6. The van der Waals surface area contributed by atoms with Gasteiger partial charge in [0.1, 0.15) is 5.15 Å². The van der Waals surface area contributed by atoms with Crippen molar-refractivity contribution in [1.82, 2.24) is 8.96 Å². The highest BCUT2D eigenvalue weighted by Crippen LogP contribution is 2.28. The number of esters is 1. The normalized spacial score (nSPS) is 12.3. The van der Waals surface area contributed by atoms with Crippen molar-refractivity contribution >= 4 is 38.6 Å². The summed E-state index contributed by atoms with van der Waals surface area (Å²) in [5, 5.41) is 0.241. The van der Waals surface area contributed by atoms with Crippen LogP contribution in [0.25, 0.3) is 11.0 Å². The summed E-state index contributed by atoms with van der Waals surface area (Å²) in [6, 6.07) is 9.84. The van der Waals surface area contributed by atoms with Crippen LogP contribution in [0.2, 0.25) is 5.15 Å². The number of benzene rings is 1. The number of aryl methyl sites for hydroxylation is 2. The van der Waals surface area contributed by atoms with Gasteiger partial charge in [-0.15, -0.1) is 0 Å². The van der Waals surface area contributed by atoms with E-state index in [1.165, 1.54) is 17.1 Å². The molecule has 0 radical (unpaired) electrons. The molecule has 1 aromatic carbocycles. The molecule has 0 aliphatic heterocycles. The molecule has 0 aliphatic carbocycles. The molecule has 0 atom stereocenters. The van der Waals surface area contributed by atoms with Gasteiger partial charge in [0.15, 0.2) is 5.60 Å². The van der Waals surface area contributed by atoms with Crippen molar-refractivity contribution in [3.8, 4) is 0 Å². The van der Waals surface area contributed by atoms with Gasteiger partial charge < -0.3 is 9.47 Å². The van der Waals surface area contributed by atoms with Crippen LogP contribution in [0, 0.1) is 13.8 Å². The van der Waals surface area contributed by atoms with E-state index in [2.05, 4.69) is 4.98 Å². The average molecular weight is 451 g/mol. The van der Waals surface area contributed by atoms with Crippen LogP contribution in [0.5, 0.6) is 0 Å². The zero-order chi connectivity index (χ0) is 22.3. The van der Waals surface area contributed by atoms with Crippen LogP contribution < -0.4 is 0 Å². The van der Waals surface area contributed by atoms with Crippen LogP contribution in [-0.2, 0) is 30.9 Å². The van der Waals surface area contributed by atoms with Crippen molar-refractivity contribution in [2.75, 3.05) is 7.11 Å². The predicted molar refractivity (Wildman–Crippen MR) is 114 cm³/mol. The van der Waals surface area contributed by atoms with Gasteiger partial charge >= 0.3 is 5.97 Å². The maximum absolute atomic E-state index is 13.6. The lowest BCUT2D eigenvalue weighted by molar-refractivity contribution is -0.166. The lowest BCUT2D eigenvalue weighted by atomic mass is 10.1. The molecule has 3 aromatic rings. The first-order chi connectivity index (χ1) is 14.0. The van der Waals surface area contributed by atoms with Gasteiger partial charge in [0.2, 0.25) is 0 Å². The Labute approximate surface area is 180 Å². The Morgan fingerprint density at radius 2 is 1.77 bits per heavy atom. The number of methoxy groups -OCH3 is 1. The summed E-state index contributed by atoms with van der Waals surface area (Å²) >= 11 is 6.00. The Kier molecular flexibility index (Phi) is 5.95. The largest absolute Gasteiger partial charge is 0.467 e. The Hall–Kier alpha value is -2.42. The van der Waals surface area contributed by atoms with Crippen LogP contribution in [0.1, 0.15) is 30.7 Å². The van der Waals surface area contributed by atoms with Gasteiger partial charge in [0.05, 0.1) is 35.3 Å². The monoisotopic (exact) mass is 450 g/mol. The molecule has 2 heterocycles. The van der Waals surface area contributed by atoms with Gasteiger partial charge in [0.25, 0.3) is 10.0 Å². The van der Waals surface area contributed by atoms with Crippen LogP contribution in [0.15, 0.2) is 41.3 Å². The fraction of sp³-hybridized carbons (Fsp3) is 0.333. The minimum Gasteiger partial charge on any atom is -0.467 e. The van der Waals surface area contributed by atoms with E-state index in [-0.39, 0.29) is 16.7 Å². The van der Waals surface area contributed by atoms with E-state index in [9.17, 15) is 13.2 Å². The summed E-state index contributed by atoms with van der Waals surface area (Å²) in [5.74, 6) is -0.566. The summed E-state index contributed by atoms with van der Waals surface area (Å²) in [6.45, 7) is 6.63. The second kappa shape index (κ2) is 8.02. The van der Waals surface area contributed by atoms with E-state index in [1.807, 2.05) is 19.9 Å². The summed E-state index contributed by atoms with van der Waals surface area (Å²) in [5.41, 5.74) is 1.49. The summed E-state index contributed by atoms with van der Waals surface area (Å²) < 4.78 is 38.8. The Morgan fingerprint density at radius 1 is 1.13 bits per heavy atom. The number of ether oxygens (including phenoxy) is 2. The fourth-order valence-corrected chi connectivity index (χ4v) is 5.08. The Balaban J connectivity index is 2.17. The van der Waals surface area contributed by atoms with Gasteiger partial charge in [-0.25, -0.2) is 22.2 Å². The van der Waals surface area contributed by atoms with Crippen molar-refractivity contribution in [2.24, 2.45) is 0 Å². The third-order valence-corrected chi connectivity index (χ3v) is 6.60. The van der Waals surface area contributed by atoms with Crippen molar-refractivity contribution < 1.29 is 22.7 Å².